The van der Waals surface area contributed by atoms with Gasteiger partial charge < -0.3 is 15.7 Å². The van der Waals surface area contributed by atoms with E-state index in [1.54, 1.807) is 17.5 Å². The van der Waals surface area contributed by atoms with Crippen LogP contribution in [0.2, 0.25) is 10.0 Å². The molecule has 0 radical (unpaired) electrons. The lowest BCUT2D eigenvalue weighted by Crippen LogP contribution is -2.39. The first-order valence-electron chi connectivity index (χ1n) is 17.9. The minimum atomic E-state index is -0.710. The number of hydrogen-bond donors (Lipinski definition) is 3. The van der Waals surface area contributed by atoms with Crippen molar-refractivity contribution in [1.82, 2.24) is 25.1 Å². The number of carbonyl (C=O) groups excluding carboxylic acids is 1. The lowest BCUT2D eigenvalue weighted by molar-refractivity contribution is -0.143. The molecule has 1 atom stereocenters. The van der Waals surface area contributed by atoms with Gasteiger partial charge in [-0.2, -0.15) is 0 Å². The Morgan fingerprint density at radius 2 is 1.87 bits per heavy atom. The molecule has 3 N–H and O–H groups in total. The number of aliphatic imine (C=N–C) groups is 1. The third kappa shape index (κ3) is 8.57. The van der Waals surface area contributed by atoms with Crippen molar-refractivity contribution in [3.05, 3.63) is 98.9 Å². The number of aliphatic carboxylic acids is 1. The molecule has 2 saturated heterocycles. The number of likely N-dealkylation sites (tertiary alicyclic amines) is 1. The van der Waals surface area contributed by atoms with Crippen LogP contribution in [0.5, 0.6) is 0 Å². The van der Waals surface area contributed by atoms with Crippen molar-refractivity contribution in [2.45, 2.75) is 51.6 Å². The largest absolute Gasteiger partial charge is 0.481 e. The Morgan fingerprint density at radius 3 is 2.60 bits per heavy atom. The summed E-state index contributed by atoms with van der Waals surface area (Å²) in [6.07, 6.45) is 7.04. The quantitative estimate of drug-likeness (QED) is 0.103. The highest BCUT2D eigenvalue weighted by Gasteiger charge is 2.26. The molecule has 3 aliphatic rings. The van der Waals surface area contributed by atoms with Gasteiger partial charge in [-0.3, -0.25) is 19.4 Å². The van der Waals surface area contributed by atoms with Gasteiger partial charge in [0.05, 0.1) is 38.6 Å². The second kappa shape index (κ2) is 16.3. The summed E-state index contributed by atoms with van der Waals surface area (Å²) < 4.78 is 1.00. The van der Waals surface area contributed by atoms with Crippen LogP contribution >= 0.6 is 34.5 Å². The fraction of sp³-hybridized carbons (Fsp3) is 0.350. The van der Waals surface area contributed by atoms with Crippen LogP contribution < -0.4 is 10.6 Å². The first-order chi connectivity index (χ1) is 25.6. The maximum absolute atomic E-state index is 11.7. The van der Waals surface area contributed by atoms with Gasteiger partial charge in [-0.15, -0.1) is 11.3 Å². The fourth-order valence-electron chi connectivity index (χ4n) is 7.19. The van der Waals surface area contributed by atoms with Gasteiger partial charge in [0.15, 0.2) is 5.82 Å². The molecule has 0 aliphatic carbocycles. The van der Waals surface area contributed by atoms with E-state index in [-0.39, 0.29) is 17.9 Å². The van der Waals surface area contributed by atoms with E-state index in [2.05, 4.69) is 37.7 Å². The lowest BCUT2D eigenvalue weighted by Gasteiger charge is -2.29. The van der Waals surface area contributed by atoms with Crippen LogP contribution in [0, 0.1) is 5.92 Å². The predicted octanol–water partition coefficient (Wildman–Crippen LogP) is 8.09. The maximum atomic E-state index is 11.7. The summed E-state index contributed by atoms with van der Waals surface area (Å²) >= 11 is 15.9. The zero-order valence-corrected chi connectivity index (χ0v) is 31.8. The molecule has 0 spiro atoms. The summed E-state index contributed by atoms with van der Waals surface area (Å²) in [4.78, 5) is 42.2. The standard InChI is InChI=1S/C40H41Cl2N7O3S/c1-3-25-20-27(15-19-49(21-25)22-28-10-11-34(50)45-28)44-24(2)29-6-4-7-30(36(29)41)31-8-5-9-32(37(31)42)46-39-38-33(12-16-43-39)53-35(47-38)23-48-17-13-26(14-18-48)40(51)52/h3-9,12,16,26,28H,1,10-11,13-15,17-19,21-23H2,2H3,(H,43,46)(H,45,50)(H,51,52)/b44-24+/t28-/m0/s1. The summed E-state index contributed by atoms with van der Waals surface area (Å²) in [7, 11) is 0. The number of fused-ring (bicyclic) bond motifs is 1. The van der Waals surface area contributed by atoms with Crippen molar-refractivity contribution in [3.63, 3.8) is 0 Å². The third-order valence-corrected chi connectivity index (χ3v) is 11.9. The van der Waals surface area contributed by atoms with Crippen LogP contribution in [0.15, 0.2) is 83.3 Å². The number of nitrogens with zero attached hydrogens (tertiary/aromatic N) is 5. The molecule has 53 heavy (non-hydrogen) atoms. The van der Waals surface area contributed by atoms with E-state index in [1.165, 1.54) is 0 Å². The van der Waals surface area contributed by atoms with E-state index < -0.39 is 5.97 Å². The van der Waals surface area contributed by atoms with Gasteiger partial charge in [-0.05, 0) is 51.4 Å². The van der Waals surface area contributed by atoms with Crippen molar-refractivity contribution in [2.75, 3.05) is 38.0 Å². The van der Waals surface area contributed by atoms with Gasteiger partial charge in [0.1, 0.15) is 10.5 Å². The van der Waals surface area contributed by atoms with E-state index in [9.17, 15) is 14.7 Å². The number of amides is 1. The summed E-state index contributed by atoms with van der Waals surface area (Å²) in [6, 6.07) is 13.8. The van der Waals surface area contributed by atoms with Gasteiger partial charge in [-0.1, -0.05) is 71.9 Å². The summed E-state index contributed by atoms with van der Waals surface area (Å²) in [6.45, 7) is 10.4. The van der Waals surface area contributed by atoms with Crippen LogP contribution in [0.25, 0.3) is 21.3 Å². The molecule has 2 aromatic carbocycles. The Bertz CT molecular complexity index is 2170. The Balaban J connectivity index is 1.09. The number of hydrogen-bond acceptors (Lipinski definition) is 9. The SMILES string of the molecule is C=CC1=C=C(/N=C(\C)c2cccc(-c3cccc(Nc4nccc5sc(CN6CCC(C(=O)O)CC6)nc45)c3Cl)c2Cl)CCN(C[C@@H]2CCC(=O)N2)C1. The Labute approximate surface area is 322 Å². The number of piperidine rings is 1. The van der Waals surface area contributed by atoms with Crippen molar-refractivity contribution in [1.29, 1.82) is 0 Å². The molecule has 10 nitrogen and oxygen atoms in total. The van der Waals surface area contributed by atoms with Gasteiger partial charge in [0, 0.05) is 72.7 Å². The van der Waals surface area contributed by atoms with Crippen LogP contribution in [0.4, 0.5) is 11.5 Å². The second-order valence-electron chi connectivity index (χ2n) is 13.7. The maximum Gasteiger partial charge on any atom is 0.306 e. The van der Waals surface area contributed by atoms with E-state index in [1.807, 2.05) is 55.5 Å². The molecule has 274 valence electrons. The number of halogens is 2. The fourth-order valence-corrected chi connectivity index (χ4v) is 8.83. The topological polar surface area (TPSA) is 123 Å². The van der Waals surface area contributed by atoms with Gasteiger partial charge in [-0.25, -0.2) is 15.0 Å². The van der Waals surface area contributed by atoms with E-state index in [4.69, 9.17) is 33.2 Å². The van der Waals surface area contributed by atoms with Crippen molar-refractivity contribution in [2.24, 2.45) is 10.9 Å². The number of carboxylic acid groups (broad SMARTS) is 1. The zero-order chi connectivity index (χ0) is 37.1. The molecular formula is C40H41Cl2N7O3S. The molecule has 2 fully saturated rings. The monoisotopic (exact) mass is 769 g/mol. The number of rotatable bonds is 11. The summed E-state index contributed by atoms with van der Waals surface area (Å²) in [5, 5.41) is 17.8. The van der Waals surface area contributed by atoms with E-state index in [0.717, 1.165) is 81.5 Å². The second-order valence-corrected chi connectivity index (χ2v) is 15.6. The number of aromatic nitrogens is 2. The predicted molar refractivity (Wildman–Crippen MR) is 213 cm³/mol. The molecule has 0 unspecified atom stereocenters. The van der Waals surface area contributed by atoms with Crippen molar-refractivity contribution >= 4 is 73.8 Å². The van der Waals surface area contributed by atoms with Gasteiger partial charge in [0.25, 0.3) is 0 Å². The number of anilines is 2. The van der Waals surface area contributed by atoms with Crippen LogP contribution in [-0.4, -0.2) is 81.2 Å². The minimum Gasteiger partial charge on any atom is -0.481 e. The Kier molecular flexibility index (Phi) is 11.4. The molecule has 5 heterocycles. The van der Waals surface area contributed by atoms with Crippen LogP contribution in [-0.2, 0) is 16.1 Å². The summed E-state index contributed by atoms with van der Waals surface area (Å²) in [5.41, 5.74) is 9.82. The number of pyridine rings is 1. The van der Waals surface area contributed by atoms with Gasteiger partial charge >= 0.3 is 5.97 Å². The molecule has 1 amide bonds. The highest BCUT2D eigenvalue weighted by atomic mass is 35.5. The number of carboxylic acids is 1. The molecule has 2 aromatic heterocycles. The first kappa shape index (κ1) is 37.0. The normalized spacial score (nSPS) is 19.1. The molecule has 4 aromatic rings. The first-order valence-corrected chi connectivity index (χ1v) is 19.4. The smallest absolute Gasteiger partial charge is 0.306 e. The molecule has 0 saturated carbocycles. The van der Waals surface area contributed by atoms with Crippen molar-refractivity contribution in [3.8, 4) is 11.1 Å². The van der Waals surface area contributed by atoms with Crippen LogP contribution in [0.1, 0.15) is 49.6 Å². The average molecular weight is 771 g/mol. The highest BCUT2D eigenvalue weighted by molar-refractivity contribution is 7.18. The highest BCUT2D eigenvalue weighted by Crippen LogP contribution is 2.40. The van der Waals surface area contributed by atoms with E-state index >= 15 is 0 Å². The van der Waals surface area contributed by atoms with Crippen molar-refractivity contribution < 1.29 is 14.7 Å². The Hall–Kier alpha value is -4.35. The number of carbonyl (C=O) groups is 2. The average Bonchev–Trinajstić information content (AvgIpc) is 3.70. The number of thiazole rings is 1. The molecular weight excluding hydrogens is 729 g/mol. The summed E-state index contributed by atoms with van der Waals surface area (Å²) in [5.74, 6) is -0.253. The molecule has 3 aliphatic heterocycles. The molecule has 0 bridgehead atoms. The lowest BCUT2D eigenvalue weighted by atomic mass is 9.97. The number of nitrogens with one attached hydrogen (secondary N) is 2. The van der Waals surface area contributed by atoms with E-state index in [0.29, 0.717) is 60.3 Å². The molecule has 7 rings (SSSR count). The molecule has 13 heteroatoms. The van der Waals surface area contributed by atoms with Crippen LogP contribution in [0.3, 0.4) is 0 Å². The zero-order valence-electron chi connectivity index (χ0n) is 29.5. The van der Waals surface area contributed by atoms with Gasteiger partial charge in [0.2, 0.25) is 5.91 Å². The minimum absolute atomic E-state index is 0.121. The number of benzene rings is 2. The Morgan fingerprint density at radius 1 is 1.09 bits per heavy atom. The third-order valence-electron chi connectivity index (χ3n) is 10.1.